The second-order valence-electron chi connectivity index (χ2n) is 7.81. The van der Waals surface area contributed by atoms with Crippen molar-refractivity contribution in [3.8, 4) is 0 Å². The Hall–Kier alpha value is -0.423. The Morgan fingerprint density at radius 2 is 1.11 bits per heavy atom. The van der Waals surface area contributed by atoms with Gasteiger partial charge in [-0.1, -0.05) is 94.4 Å². The number of allylic oxidation sites excluding steroid dienone is 4. The van der Waals surface area contributed by atoms with Gasteiger partial charge in [0.25, 0.3) is 0 Å². The van der Waals surface area contributed by atoms with E-state index in [4.69, 9.17) is 13.3 Å². The molecule has 0 bridgehead atoms. The lowest BCUT2D eigenvalue weighted by Gasteiger charge is -2.24. The molecule has 0 radical (unpaired) electrons. The van der Waals surface area contributed by atoms with Crippen molar-refractivity contribution >= 4 is 8.80 Å². The molecule has 0 aromatic carbocycles. The van der Waals surface area contributed by atoms with E-state index in [0.29, 0.717) is 0 Å². The van der Waals surface area contributed by atoms with Crippen molar-refractivity contribution in [1.82, 2.24) is 0 Å². The lowest BCUT2D eigenvalue weighted by molar-refractivity contribution is 0.122. The maximum atomic E-state index is 5.46. The largest absolute Gasteiger partial charge is 0.500 e. The summed E-state index contributed by atoms with van der Waals surface area (Å²) in [6.45, 7) is 0. The molecule has 27 heavy (non-hydrogen) atoms. The maximum Gasteiger partial charge on any atom is 0.500 e. The van der Waals surface area contributed by atoms with Crippen LogP contribution in [0.4, 0.5) is 0 Å². The van der Waals surface area contributed by atoms with Crippen LogP contribution in [0.3, 0.4) is 0 Å². The summed E-state index contributed by atoms with van der Waals surface area (Å²) in [5, 5.41) is 0. The summed E-state index contributed by atoms with van der Waals surface area (Å²) in [6, 6.07) is 0.935. The second-order valence-corrected chi connectivity index (χ2v) is 10.9. The fourth-order valence-corrected chi connectivity index (χ4v) is 5.66. The molecule has 4 heteroatoms. The van der Waals surface area contributed by atoms with Crippen molar-refractivity contribution in [3.05, 3.63) is 23.8 Å². The van der Waals surface area contributed by atoms with Gasteiger partial charge in [-0.2, -0.15) is 0 Å². The molecule has 3 nitrogen and oxygen atoms in total. The molecule has 0 heterocycles. The monoisotopic (exact) mass is 396 g/mol. The first-order valence-corrected chi connectivity index (χ1v) is 13.2. The molecule has 1 aliphatic rings. The third kappa shape index (κ3) is 11.9. The van der Waals surface area contributed by atoms with Crippen LogP contribution in [-0.2, 0) is 13.3 Å². The van der Waals surface area contributed by atoms with Crippen LogP contribution >= 0.6 is 0 Å². The van der Waals surface area contributed by atoms with Crippen molar-refractivity contribution in [1.29, 1.82) is 0 Å². The van der Waals surface area contributed by atoms with Crippen LogP contribution < -0.4 is 0 Å². The Bertz CT molecular complexity index is 394. The van der Waals surface area contributed by atoms with E-state index in [1.165, 1.54) is 83.5 Å². The summed E-state index contributed by atoms with van der Waals surface area (Å²) in [6.07, 6.45) is 27.2. The van der Waals surface area contributed by atoms with Crippen LogP contribution in [0.25, 0.3) is 0 Å². The fourth-order valence-electron chi connectivity index (χ4n) is 3.86. The average molecular weight is 397 g/mol. The lowest BCUT2D eigenvalue weighted by Crippen LogP contribution is -2.42. The quantitative estimate of drug-likeness (QED) is 0.170. The highest BCUT2D eigenvalue weighted by Crippen LogP contribution is 2.19. The molecule has 0 aromatic rings. The summed E-state index contributed by atoms with van der Waals surface area (Å²) in [5.41, 5.74) is 1.56. The normalized spacial score (nSPS) is 14.1. The zero-order valence-corrected chi connectivity index (χ0v) is 19.3. The smallest absolute Gasteiger partial charge is 0.377 e. The molecule has 1 rings (SSSR count). The number of unbranched alkanes of at least 4 members (excludes halogenated alkanes) is 12. The van der Waals surface area contributed by atoms with Crippen molar-refractivity contribution in [3.63, 3.8) is 0 Å². The zero-order chi connectivity index (χ0) is 19.6. The van der Waals surface area contributed by atoms with Gasteiger partial charge in [-0.3, -0.25) is 0 Å². The first-order chi connectivity index (χ1) is 13.3. The van der Waals surface area contributed by atoms with Gasteiger partial charge in [0.1, 0.15) is 0 Å². The van der Waals surface area contributed by atoms with Crippen LogP contribution in [-0.4, -0.2) is 30.1 Å². The summed E-state index contributed by atoms with van der Waals surface area (Å²) >= 11 is 0. The minimum Gasteiger partial charge on any atom is -0.377 e. The van der Waals surface area contributed by atoms with Gasteiger partial charge in [-0.25, -0.2) is 0 Å². The van der Waals surface area contributed by atoms with E-state index in [1.807, 2.05) is 0 Å². The molecule has 0 aromatic heterocycles. The number of rotatable bonds is 19. The van der Waals surface area contributed by atoms with Crippen LogP contribution in [0.15, 0.2) is 23.8 Å². The molecule has 0 saturated heterocycles. The highest BCUT2D eigenvalue weighted by molar-refractivity contribution is 6.60. The average Bonchev–Trinajstić information content (AvgIpc) is 3.22. The highest BCUT2D eigenvalue weighted by Gasteiger charge is 2.36. The lowest BCUT2D eigenvalue weighted by atomic mass is 10.0. The van der Waals surface area contributed by atoms with E-state index in [2.05, 4.69) is 18.2 Å². The summed E-state index contributed by atoms with van der Waals surface area (Å²) < 4.78 is 16.4. The molecule has 0 aliphatic heterocycles. The van der Waals surface area contributed by atoms with Crippen molar-refractivity contribution < 1.29 is 13.3 Å². The third-order valence-corrected chi connectivity index (χ3v) is 8.56. The third-order valence-electron chi connectivity index (χ3n) is 5.73. The van der Waals surface area contributed by atoms with Gasteiger partial charge in [0.05, 0.1) is 0 Å². The molecule has 158 valence electrons. The Kier molecular flexibility index (Phi) is 15.1. The van der Waals surface area contributed by atoms with Crippen molar-refractivity contribution in [2.75, 3.05) is 21.3 Å². The molecule has 0 fully saturated rings. The minimum absolute atomic E-state index is 0.935. The second kappa shape index (κ2) is 16.5. The Labute approximate surface area is 169 Å². The molecule has 0 spiro atoms. The van der Waals surface area contributed by atoms with E-state index < -0.39 is 8.80 Å². The van der Waals surface area contributed by atoms with E-state index in [1.54, 1.807) is 26.9 Å². The minimum atomic E-state index is -2.33. The van der Waals surface area contributed by atoms with Gasteiger partial charge in [0.2, 0.25) is 0 Å². The summed E-state index contributed by atoms with van der Waals surface area (Å²) in [5.74, 6) is 0. The first kappa shape index (κ1) is 24.6. The Balaban J connectivity index is 1.77. The maximum absolute atomic E-state index is 5.46. The highest BCUT2D eigenvalue weighted by atomic mass is 28.4. The standard InChI is InChI=1S/C23H44O3Si/c1-24-27(25-2,26-3)22-18-14-12-10-8-6-4-5-7-9-11-13-15-19-23-20-16-17-21-23/h16,20-21H,4-15,17-19,22H2,1-3H3. The Morgan fingerprint density at radius 1 is 0.667 bits per heavy atom. The van der Waals surface area contributed by atoms with Gasteiger partial charge in [0, 0.05) is 27.4 Å². The molecule has 0 N–H and O–H groups in total. The summed E-state index contributed by atoms with van der Waals surface area (Å²) in [4.78, 5) is 0. The van der Waals surface area contributed by atoms with Crippen LogP contribution in [0.2, 0.25) is 6.04 Å². The molecular weight excluding hydrogens is 352 g/mol. The number of hydrogen-bond acceptors (Lipinski definition) is 3. The van der Waals surface area contributed by atoms with Gasteiger partial charge in [-0.15, -0.1) is 0 Å². The van der Waals surface area contributed by atoms with E-state index >= 15 is 0 Å². The molecular formula is C23H44O3Si. The molecule has 0 amide bonds. The molecule has 0 saturated carbocycles. The van der Waals surface area contributed by atoms with Crippen LogP contribution in [0, 0.1) is 0 Å². The number of hydrogen-bond donors (Lipinski definition) is 0. The summed E-state index contributed by atoms with van der Waals surface area (Å²) in [7, 11) is 2.77. The van der Waals surface area contributed by atoms with E-state index in [9.17, 15) is 0 Å². The van der Waals surface area contributed by atoms with Crippen molar-refractivity contribution in [2.45, 2.75) is 102 Å². The molecule has 1 aliphatic carbocycles. The predicted molar refractivity (Wildman–Crippen MR) is 118 cm³/mol. The Morgan fingerprint density at radius 3 is 1.52 bits per heavy atom. The van der Waals surface area contributed by atoms with Crippen LogP contribution in [0.5, 0.6) is 0 Å². The molecule has 0 atom stereocenters. The van der Waals surface area contributed by atoms with Gasteiger partial charge in [0.15, 0.2) is 0 Å². The zero-order valence-electron chi connectivity index (χ0n) is 18.3. The topological polar surface area (TPSA) is 27.7 Å². The van der Waals surface area contributed by atoms with Crippen LogP contribution in [0.1, 0.15) is 96.3 Å². The van der Waals surface area contributed by atoms with Gasteiger partial charge < -0.3 is 13.3 Å². The van der Waals surface area contributed by atoms with E-state index in [0.717, 1.165) is 18.9 Å². The predicted octanol–water partition coefficient (Wildman–Crippen LogP) is 7.21. The van der Waals surface area contributed by atoms with Gasteiger partial charge in [-0.05, 0) is 25.7 Å². The SMILES string of the molecule is CO[Si](CCCCCCCCCCCCCCCC1=CCC=C1)(OC)OC. The van der Waals surface area contributed by atoms with Crippen molar-refractivity contribution in [2.24, 2.45) is 0 Å². The fraction of sp³-hybridized carbons (Fsp3) is 0.826. The molecule has 0 unspecified atom stereocenters. The van der Waals surface area contributed by atoms with E-state index in [-0.39, 0.29) is 0 Å². The first-order valence-electron chi connectivity index (χ1n) is 11.3. The van der Waals surface area contributed by atoms with Gasteiger partial charge >= 0.3 is 8.80 Å².